The van der Waals surface area contributed by atoms with Crippen molar-refractivity contribution < 1.29 is 36.6 Å². The largest absolute Gasteiger partial charge is 0.389 e. The van der Waals surface area contributed by atoms with Crippen LogP contribution in [0.15, 0.2) is 36.8 Å². The van der Waals surface area contributed by atoms with Crippen LogP contribution in [0.5, 0.6) is 0 Å². The monoisotopic (exact) mass is 554 g/mol. The van der Waals surface area contributed by atoms with Gasteiger partial charge in [0.15, 0.2) is 11.9 Å². The summed E-state index contributed by atoms with van der Waals surface area (Å²) in [5.74, 6) is -4.62. The first kappa shape index (κ1) is 28.3. The molecule has 1 fully saturated rings. The van der Waals surface area contributed by atoms with E-state index in [1.54, 1.807) is 19.1 Å². The van der Waals surface area contributed by atoms with Crippen LogP contribution in [0.2, 0.25) is 0 Å². The number of aliphatic hydroxyl groups excluding tert-OH is 1. The fraction of sp³-hybridized carbons (Fsp3) is 0.480. The molecule has 9 nitrogen and oxygen atoms in total. The van der Waals surface area contributed by atoms with Crippen molar-refractivity contribution in [3.05, 3.63) is 59.3 Å². The highest BCUT2D eigenvalue weighted by molar-refractivity contribution is 5.92. The molecule has 0 saturated heterocycles. The van der Waals surface area contributed by atoms with Crippen molar-refractivity contribution in [3.8, 4) is 0 Å². The molecule has 0 bridgehead atoms. The van der Waals surface area contributed by atoms with E-state index in [9.17, 15) is 36.6 Å². The number of halogens is 5. The van der Waals surface area contributed by atoms with Gasteiger partial charge in [-0.25, -0.2) is 18.3 Å². The number of imidazole rings is 1. The van der Waals surface area contributed by atoms with Gasteiger partial charge in [0.2, 0.25) is 11.8 Å². The number of alkyl halides is 5. The average Bonchev–Trinajstić information content (AvgIpc) is 3.29. The summed E-state index contributed by atoms with van der Waals surface area (Å²) < 4.78 is 66.1. The molecule has 39 heavy (non-hydrogen) atoms. The Bertz CT molecular complexity index is 1340. The number of carbonyl (C=O) groups excluding carboxylic acids is 2. The lowest BCUT2D eigenvalue weighted by Crippen LogP contribution is -2.37. The molecular formula is C25H27F5N6O3. The summed E-state index contributed by atoms with van der Waals surface area (Å²) >= 11 is 0. The SMILES string of the molecule is Cc1ccnc(C(=O)N[C@H](c2cn3ncc([C@@H](O)NC(=O)CCC(F)(F)F)cc3n2)C2CCC(F)(F)CC2)c1. The van der Waals surface area contributed by atoms with Crippen LogP contribution in [0.1, 0.15) is 78.1 Å². The zero-order chi connectivity index (χ0) is 28.4. The van der Waals surface area contributed by atoms with Gasteiger partial charge in [-0.2, -0.15) is 18.3 Å². The zero-order valence-electron chi connectivity index (χ0n) is 20.9. The van der Waals surface area contributed by atoms with Gasteiger partial charge in [0.1, 0.15) is 5.69 Å². The molecule has 1 aliphatic rings. The Labute approximate surface area is 219 Å². The number of rotatable bonds is 8. The van der Waals surface area contributed by atoms with Crippen molar-refractivity contribution in [3.63, 3.8) is 0 Å². The number of hydrogen-bond acceptors (Lipinski definition) is 6. The van der Waals surface area contributed by atoms with Gasteiger partial charge >= 0.3 is 6.18 Å². The Balaban J connectivity index is 1.56. The minimum absolute atomic E-state index is 0.0712. The summed E-state index contributed by atoms with van der Waals surface area (Å²) in [5.41, 5.74) is 1.61. The number of amides is 2. The second-order valence-electron chi connectivity index (χ2n) is 9.71. The maximum absolute atomic E-state index is 13.9. The number of nitrogens with zero attached hydrogens (tertiary/aromatic N) is 4. The van der Waals surface area contributed by atoms with Crippen molar-refractivity contribution >= 4 is 17.5 Å². The molecule has 0 unspecified atom stereocenters. The lowest BCUT2D eigenvalue weighted by atomic mass is 9.81. The molecule has 0 radical (unpaired) electrons. The number of carbonyl (C=O) groups is 2. The van der Waals surface area contributed by atoms with E-state index in [0.717, 1.165) is 5.56 Å². The van der Waals surface area contributed by atoms with Crippen LogP contribution in [0.4, 0.5) is 22.0 Å². The van der Waals surface area contributed by atoms with Crippen LogP contribution in [0, 0.1) is 12.8 Å². The smallest absolute Gasteiger partial charge is 0.369 e. The van der Waals surface area contributed by atoms with E-state index < -0.39 is 49.0 Å². The number of hydrogen-bond donors (Lipinski definition) is 3. The highest BCUT2D eigenvalue weighted by Crippen LogP contribution is 2.41. The third-order valence-corrected chi connectivity index (χ3v) is 6.60. The molecule has 3 aromatic heterocycles. The molecule has 3 N–H and O–H groups in total. The van der Waals surface area contributed by atoms with E-state index in [-0.39, 0.29) is 48.5 Å². The van der Waals surface area contributed by atoms with Gasteiger partial charge in [0.25, 0.3) is 5.91 Å². The van der Waals surface area contributed by atoms with E-state index in [4.69, 9.17) is 0 Å². The number of fused-ring (bicyclic) bond motifs is 1. The first-order valence-electron chi connectivity index (χ1n) is 12.3. The average molecular weight is 555 g/mol. The van der Waals surface area contributed by atoms with Crippen molar-refractivity contribution in [2.75, 3.05) is 0 Å². The number of aliphatic hydroxyl groups is 1. The highest BCUT2D eigenvalue weighted by atomic mass is 19.4. The molecule has 1 aliphatic carbocycles. The summed E-state index contributed by atoms with van der Waals surface area (Å²) in [6.07, 6.45) is -4.46. The third kappa shape index (κ3) is 7.46. The number of aromatic nitrogens is 4. The van der Waals surface area contributed by atoms with Gasteiger partial charge < -0.3 is 15.7 Å². The molecule has 0 aromatic carbocycles. The van der Waals surface area contributed by atoms with Gasteiger partial charge in [-0.05, 0) is 49.4 Å². The van der Waals surface area contributed by atoms with E-state index in [1.165, 1.54) is 29.2 Å². The summed E-state index contributed by atoms with van der Waals surface area (Å²) in [4.78, 5) is 33.4. The minimum atomic E-state index is -4.51. The van der Waals surface area contributed by atoms with E-state index >= 15 is 0 Å². The molecule has 0 aliphatic heterocycles. The highest BCUT2D eigenvalue weighted by Gasteiger charge is 2.39. The molecule has 4 rings (SSSR count). The molecule has 1 saturated carbocycles. The maximum Gasteiger partial charge on any atom is 0.389 e. The van der Waals surface area contributed by atoms with Gasteiger partial charge in [0, 0.05) is 31.0 Å². The van der Waals surface area contributed by atoms with Crippen molar-refractivity contribution in [1.29, 1.82) is 0 Å². The normalized spacial score (nSPS) is 17.5. The zero-order valence-corrected chi connectivity index (χ0v) is 20.9. The molecule has 2 amide bonds. The first-order chi connectivity index (χ1) is 18.3. The molecule has 14 heteroatoms. The summed E-state index contributed by atoms with van der Waals surface area (Å²) in [6.45, 7) is 1.80. The van der Waals surface area contributed by atoms with E-state index in [0.29, 0.717) is 5.69 Å². The number of pyridine rings is 1. The predicted molar refractivity (Wildman–Crippen MR) is 127 cm³/mol. The fourth-order valence-corrected chi connectivity index (χ4v) is 4.48. The van der Waals surface area contributed by atoms with Crippen LogP contribution in [-0.4, -0.2) is 48.6 Å². The minimum Gasteiger partial charge on any atom is -0.369 e. The first-order valence-corrected chi connectivity index (χ1v) is 12.3. The molecular weight excluding hydrogens is 527 g/mol. The molecule has 0 spiro atoms. The van der Waals surface area contributed by atoms with Crippen LogP contribution in [-0.2, 0) is 4.79 Å². The number of aryl methyl sites for hydroxylation is 1. The lowest BCUT2D eigenvalue weighted by molar-refractivity contribution is -0.145. The summed E-state index contributed by atoms with van der Waals surface area (Å²) in [6, 6.07) is 3.97. The second kappa shape index (κ2) is 11.2. The fourth-order valence-electron chi connectivity index (χ4n) is 4.48. The Morgan fingerprint density at radius 3 is 2.59 bits per heavy atom. The van der Waals surface area contributed by atoms with Crippen molar-refractivity contribution in [2.45, 2.75) is 69.8 Å². The van der Waals surface area contributed by atoms with Gasteiger partial charge in [-0.15, -0.1) is 0 Å². The number of nitrogens with one attached hydrogen (secondary N) is 2. The van der Waals surface area contributed by atoms with Gasteiger partial charge in [-0.1, -0.05) is 0 Å². The Hall–Kier alpha value is -3.68. The van der Waals surface area contributed by atoms with E-state index in [2.05, 4.69) is 25.7 Å². The van der Waals surface area contributed by atoms with Gasteiger partial charge in [-0.3, -0.25) is 14.6 Å². The Kier molecular flexibility index (Phi) is 8.14. The van der Waals surface area contributed by atoms with Crippen LogP contribution in [0.3, 0.4) is 0 Å². The lowest BCUT2D eigenvalue weighted by Gasteiger charge is -2.33. The molecule has 2 atom stereocenters. The molecule has 210 valence electrons. The second-order valence-corrected chi connectivity index (χ2v) is 9.71. The predicted octanol–water partition coefficient (Wildman–Crippen LogP) is 4.18. The van der Waals surface area contributed by atoms with Gasteiger partial charge in [0.05, 0.1) is 30.6 Å². The van der Waals surface area contributed by atoms with Crippen LogP contribution >= 0.6 is 0 Å². The van der Waals surface area contributed by atoms with Crippen molar-refractivity contribution in [2.24, 2.45) is 5.92 Å². The topological polar surface area (TPSA) is 122 Å². The summed E-state index contributed by atoms with van der Waals surface area (Å²) in [5, 5.41) is 19.4. The van der Waals surface area contributed by atoms with Crippen LogP contribution < -0.4 is 10.6 Å². The quantitative estimate of drug-likeness (QED) is 0.284. The van der Waals surface area contributed by atoms with E-state index in [1.807, 2.05) is 0 Å². The molecule has 3 heterocycles. The third-order valence-electron chi connectivity index (χ3n) is 6.60. The maximum atomic E-state index is 13.9. The van der Waals surface area contributed by atoms with Crippen molar-refractivity contribution in [1.82, 2.24) is 30.2 Å². The Morgan fingerprint density at radius 1 is 1.21 bits per heavy atom. The van der Waals surface area contributed by atoms with Crippen LogP contribution in [0.25, 0.3) is 5.65 Å². The summed E-state index contributed by atoms with van der Waals surface area (Å²) in [7, 11) is 0. The standard InChI is InChI=1S/C25H27F5N6O3/c1-14-5-9-31-17(10-14)23(39)35-21(15-2-6-24(26,27)7-3-15)18-13-36-19(33-18)11-16(12-32-36)22(38)34-20(37)4-8-25(28,29)30/h5,9-13,15,21-22,38H,2-4,6-8H2,1H3,(H,34,37)(H,35,39)/t21-,22+/m0/s1. The Morgan fingerprint density at radius 2 is 1.92 bits per heavy atom. The molecule has 3 aromatic rings.